The summed E-state index contributed by atoms with van der Waals surface area (Å²) in [6, 6.07) is 1.90. The van der Waals surface area contributed by atoms with Gasteiger partial charge in [-0.3, -0.25) is 4.79 Å². The van der Waals surface area contributed by atoms with Crippen LogP contribution in [0.5, 0.6) is 0 Å². The molecule has 0 bridgehead atoms. The van der Waals surface area contributed by atoms with Gasteiger partial charge in [-0.1, -0.05) is 0 Å². The van der Waals surface area contributed by atoms with Gasteiger partial charge in [0.15, 0.2) is 0 Å². The lowest BCUT2D eigenvalue weighted by Crippen LogP contribution is -2.49. The van der Waals surface area contributed by atoms with Crippen molar-refractivity contribution in [2.75, 3.05) is 6.54 Å². The smallest absolute Gasteiger partial charge is 0.220 e. The second-order valence-corrected chi connectivity index (χ2v) is 2.15. The standard InChI is InChI=1S/C6H8N2O/c1-5(9)8-3-2-6(8)4-7/h6H,2-3H2,1H3/t6-/m0/s1. The van der Waals surface area contributed by atoms with Crippen LogP contribution < -0.4 is 0 Å². The van der Waals surface area contributed by atoms with Crippen LogP contribution in [0.1, 0.15) is 13.3 Å². The van der Waals surface area contributed by atoms with E-state index in [-0.39, 0.29) is 11.9 Å². The van der Waals surface area contributed by atoms with E-state index in [2.05, 4.69) is 0 Å². The zero-order chi connectivity index (χ0) is 6.85. The minimum absolute atomic E-state index is 0.00722. The summed E-state index contributed by atoms with van der Waals surface area (Å²) in [5.41, 5.74) is 0. The Labute approximate surface area is 53.9 Å². The van der Waals surface area contributed by atoms with Gasteiger partial charge in [-0.25, -0.2) is 0 Å². The van der Waals surface area contributed by atoms with E-state index < -0.39 is 0 Å². The third-order valence-corrected chi connectivity index (χ3v) is 1.57. The van der Waals surface area contributed by atoms with Crippen molar-refractivity contribution in [1.29, 1.82) is 5.26 Å². The highest BCUT2D eigenvalue weighted by molar-refractivity contribution is 5.74. The Hall–Kier alpha value is -1.04. The second-order valence-electron chi connectivity index (χ2n) is 2.15. The predicted molar refractivity (Wildman–Crippen MR) is 31.4 cm³/mol. The zero-order valence-electron chi connectivity index (χ0n) is 5.29. The Kier molecular flexibility index (Phi) is 1.39. The van der Waals surface area contributed by atoms with Gasteiger partial charge in [0, 0.05) is 13.5 Å². The lowest BCUT2D eigenvalue weighted by atomic mass is 10.1. The maximum atomic E-state index is 10.6. The van der Waals surface area contributed by atoms with Gasteiger partial charge < -0.3 is 4.90 Å². The van der Waals surface area contributed by atoms with Crippen molar-refractivity contribution in [3.63, 3.8) is 0 Å². The number of carbonyl (C=O) groups excluding carboxylic acids is 1. The molecule has 0 aromatic carbocycles. The lowest BCUT2D eigenvalue weighted by molar-refractivity contribution is -0.134. The van der Waals surface area contributed by atoms with Crippen LogP contribution in [0.4, 0.5) is 0 Å². The van der Waals surface area contributed by atoms with Crippen LogP contribution >= 0.6 is 0 Å². The summed E-state index contributed by atoms with van der Waals surface area (Å²) in [6.45, 7) is 2.25. The molecule has 0 saturated carbocycles. The van der Waals surface area contributed by atoms with E-state index in [1.54, 1.807) is 4.90 Å². The van der Waals surface area contributed by atoms with Crippen molar-refractivity contribution >= 4 is 5.91 Å². The van der Waals surface area contributed by atoms with Crippen LogP contribution in [0.3, 0.4) is 0 Å². The number of amides is 1. The van der Waals surface area contributed by atoms with Crippen molar-refractivity contribution in [2.24, 2.45) is 0 Å². The minimum atomic E-state index is -0.137. The molecule has 48 valence electrons. The van der Waals surface area contributed by atoms with Crippen LogP contribution in [-0.2, 0) is 4.79 Å². The van der Waals surface area contributed by atoms with Gasteiger partial charge in [-0.15, -0.1) is 0 Å². The van der Waals surface area contributed by atoms with Crippen LogP contribution in [0.25, 0.3) is 0 Å². The van der Waals surface area contributed by atoms with E-state index >= 15 is 0 Å². The maximum Gasteiger partial charge on any atom is 0.220 e. The predicted octanol–water partition coefficient (Wildman–Crippen LogP) is 0.131. The first-order chi connectivity index (χ1) is 4.25. The highest BCUT2D eigenvalue weighted by atomic mass is 16.2. The first-order valence-electron chi connectivity index (χ1n) is 2.92. The van der Waals surface area contributed by atoms with E-state index in [1.807, 2.05) is 6.07 Å². The topological polar surface area (TPSA) is 44.1 Å². The summed E-state index contributed by atoms with van der Waals surface area (Å²) in [5, 5.41) is 8.36. The highest BCUT2D eigenvalue weighted by Crippen LogP contribution is 2.15. The third kappa shape index (κ3) is 0.879. The molecule has 1 aliphatic rings. The number of hydrogen-bond acceptors (Lipinski definition) is 2. The molecule has 1 fully saturated rings. The molecular formula is C6H8N2O. The van der Waals surface area contributed by atoms with Gasteiger partial charge in [0.2, 0.25) is 5.91 Å². The Balaban J connectivity index is 2.47. The summed E-state index contributed by atoms with van der Waals surface area (Å²) in [5.74, 6) is 0.00722. The van der Waals surface area contributed by atoms with Crippen LogP contribution in [0.2, 0.25) is 0 Å². The Morgan fingerprint density at radius 3 is 2.67 bits per heavy atom. The van der Waals surface area contributed by atoms with Crippen LogP contribution in [0, 0.1) is 11.3 Å². The van der Waals surface area contributed by atoms with Crippen molar-refractivity contribution in [1.82, 2.24) is 4.90 Å². The first kappa shape index (κ1) is 6.09. The summed E-state index contributed by atoms with van der Waals surface area (Å²) in [4.78, 5) is 12.1. The van der Waals surface area contributed by atoms with Crippen molar-refractivity contribution in [2.45, 2.75) is 19.4 Å². The molecule has 0 aromatic heterocycles. The van der Waals surface area contributed by atoms with Crippen molar-refractivity contribution < 1.29 is 4.79 Å². The number of nitriles is 1. The number of nitrogens with zero attached hydrogens (tertiary/aromatic N) is 2. The molecule has 0 radical (unpaired) electrons. The summed E-state index contributed by atoms with van der Waals surface area (Å²) < 4.78 is 0. The average Bonchev–Trinajstić information content (AvgIpc) is 1.61. The van der Waals surface area contributed by atoms with Gasteiger partial charge in [0.1, 0.15) is 6.04 Å². The fourth-order valence-electron chi connectivity index (χ4n) is 0.898. The van der Waals surface area contributed by atoms with Crippen molar-refractivity contribution in [3.05, 3.63) is 0 Å². The number of rotatable bonds is 0. The monoisotopic (exact) mass is 124 g/mol. The molecule has 1 saturated heterocycles. The molecule has 0 aliphatic carbocycles. The molecule has 9 heavy (non-hydrogen) atoms. The molecular weight excluding hydrogens is 116 g/mol. The largest absolute Gasteiger partial charge is 0.327 e. The van der Waals surface area contributed by atoms with E-state index in [9.17, 15) is 4.79 Å². The summed E-state index contributed by atoms with van der Waals surface area (Å²) in [7, 11) is 0. The molecule has 1 amide bonds. The molecule has 1 aliphatic heterocycles. The maximum absolute atomic E-state index is 10.6. The molecule has 0 spiro atoms. The minimum Gasteiger partial charge on any atom is -0.327 e. The van der Waals surface area contributed by atoms with E-state index in [0.717, 1.165) is 13.0 Å². The quantitative estimate of drug-likeness (QED) is 0.460. The van der Waals surface area contributed by atoms with Crippen LogP contribution in [-0.4, -0.2) is 23.4 Å². The van der Waals surface area contributed by atoms with Crippen molar-refractivity contribution in [3.8, 4) is 6.07 Å². The van der Waals surface area contributed by atoms with E-state index in [0.29, 0.717) is 0 Å². The SMILES string of the molecule is CC(=O)N1CC[C@H]1C#N. The highest BCUT2D eigenvalue weighted by Gasteiger charge is 2.29. The Morgan fingerprint density at radius 1 is 1.89 bits per heavy atom. The molecule has 0 unspecified atom stereocenters. The van der Waals surface area contributed by atoms with Gasteiger partial charge in [0.05, 0.1) is 6.07 Å². The Morgan fingerprint density at radius 2 is 2.56 bits per heavy atom. The summed E-state index contributed by atoms with van der Waals surface area (Å²) >= 11 is 0. The zero-order valence-corrected chi connectivity index (χ0v) is 5.29. The summed E-state index contributed by atoms with van der Waals surface area (Å²) in [6.07, 6.45) is 0.843. The van der Waals surface area contributed by atoms with Gasteiger partial charge >= 0.3 is 0 Å². The van der Waals surface area contributed by atoms with Crippen LogP contribution in [0.15, 0.2) is 0 Å². The third-order valence-electron chi connectivity index (χ3n) is 1.57. The molecule has 3 heteroatoms. The molecule has 1 heterocycles. The number of carbonyl (C=O) groups is 1. The number of hydrogen-bond donors (Lipinski definition) is 0. The van der Waals surface area contributed by atoms with E-state index in [1.165, 1.54) is 6.92 Å². The molecule has 0 aromatic rings. The molecule has 1 atom stereocenters. The molecule has 0 N–H and O–H groups in total. The van der Waals surface area contributed by atoms with Gasteiger partial charge in [-0.2, -0.15) is 5.26 Å². The Bertz CT molecular complexity index is 170. The lowest BCUT2D eigenvalue weighted by Gasteiger charge is -2.35. The first-order valence-corrected chi connectivity index (χ1v) is 2.92. The number of likely N-dealkylation sites (tertiary alicyclic amines) is 1. The fourth-order valence-corrected chi connectivity index (χ4v) is 0.898. The molecule has 1 rings (SSSR count). The van der Waals surface area contributed by atoms with E-state index in [4.69, 9.17) is 5.26 Å². The fraction of sp³-hybridized carbons (Fsp3) is 0.667. The average molecular weight is 124 g/mol. The molecule has 3 nitrogen and oxygen atoms in total. The van der Waals surface area contributed by atoms with Gasteiger partial charge in [0.25, 0.3) is 0 Å². The normalized spacial score (nSPS) is 24.4. The second kappa shape index (κ2) is 2.06. The van der Waals surface area contributed by atoms with Gasteiger partial charge in [-0.05, 0) is 6.42 Å².